The van der Waals surface area contributed by atoms with Gasteiger partial charge in [-0.05, 0) is 46.1 Å². The number of nitrogens with zero attached hydrogens (tertiary/aromatic N) is 2. The van der Waals surface area contributed by atoms with Gasteiger partial charge in [-0.1, -0.05) is 29.9 Å². The molecule has 0 aliphatic heterocycles. The molecule has 0 saturated carbocycles. The molecule has 17 heteroatoms. The van der Waals surface area contributed by atoms with Crippen molar-refractivity contribution in [2.75, 3.05) is 27.4 Å². The summed E-state index contributed by atoms with van der Waals surface area (Å²) in [6, 6.07) is 1.04. The maximum atomic E-state index is 14.6. The molecule has 2 aromatic carbocycles. The van der Waals surface area contributed by atoms with E-state index in [9.17, 15) is 29.4 Å². The van der Waals surface area contributed by atoms with E-state index >= 15 is 0 Å². The first-order chi connectivity index (χ1) is 28.7. The highest BCUT2D eigenvalue weighted by Gasteiger charge is 2.27. The Kier molecular flexibility index (Phi) is 14.9. The van der Waals surface area contributed by atoms with E-state index < -0.39 is 48.6 Å². The van der Waals surface area contributed by atoms with Crippen LogP contribution in [0.5, 0.6) is 17.2 Å². The molecule has 0 spiro atoms. The molecule has 0 radical (unpaired) electrons. The van der Waals surface area contributed by atoms with Crippen LogP contribution in [0.3, 0.4) is 0 Å². The molecule has 0 unspecified atom stereocenters. The smallest absolute Gasteiger partial charge is 0.328 e. The molecule has 6 N–H and O–H groups in total. The van der Waals surface area contributed by atoms with Crippen molar-refractivity contribution in [1.29, 1.82) is 0 Å². The Bertz CT molecular complexity index is 2460. The van der Waals surface area contributed by atoms with E-state index in [1.54, 1.807) is 6.20 Å². The Balaban J connectivity index is 1.54. The van der Waals surface area contributed by atoms with Crippen LogP contribution in [0.15, 0.2) is 82.0 Å². The molecule has 3 heterocycles. The second-order valence-corrected chi connectivity index (χ2v) is 14.4. The predicted octanol–water partition coefficient (Wildman–Crippen LogP) is 4.15. The zero-order valence-electron chi connectivity index (χ0n) is 34.4. The van der Waals surface area contributed by atoms with Gasteiger partial charge in [0.05, 0.1) is 38.9 Å². The highest BCUT2D eigenvalue weighted by molar-refractivity contribution is 5.97. The quantitative estimate of drug-likeness (QED) is 0.0367. The Morgan fingerprint density at radius 2 is 1.32 bits per heavy atom. The molecule has 3 aromatic heterocycles. The van der Waals surface area contributed by atoms with Gasteiger partial charge < -0.3 is 54.2 Å². The maximum Gasteiger partial charge on any atom is 0.328 e. The summed E-state index contributed by atoms with van der Waals surface area (Å²) >= 11 is 0. The molecule has 0 aliphatic carbocycles. The molecule has 60 heavy (non-hydrogen) atoms. The van der Waals surface area contributed by atoms with Crippen molar-refractivity contribution >= 4 is 39.8 Å². The highest BCUT2D eigenvalue weighted by Crippen LogP contribution is 2.39. The maximum absolute atomic E-state index is 14.6. The minimum Gasteiger partial charge on any atom is -0.507 e. The minimum absolute atomic E-state index is 0.0143. The number of rotatable bonds is 20. The number of nitrogens with one attached hydrogen (secondary N) is 4. The lowest BCUT2D eigenvalue weighted by Crippen LogP contribution is -2.45. The number of imidazole rings is 2. The van der Waals surface area contributed by atoms with Crippen molar-refractivity contribution in [3.05, 3.63) is 111 Å². The third-order valence-corrected chi connectivity index (χ3v) is 9.47. The molecular formula is C43H50N6O11. The van der Waals surface area contributed by atoms with Crippen molar-refractivity contribution in [2.45, 2.75) is 72.1 Å². The summed E-state index contributed by atoms with van der Waals surface area (Å²) in [6.07, 6.45) is 10.5. The standard InChI is InChI=1S/C43H50N6O11/c1-23(2)8-10-28-30(18-50)34(59-20-37(51)49-32(43(55)57-7)13-27-17-45-22-47-27)15-35-38(28)41(53)39-36(60-35)14-33(29(40(39)52)11-9-24(3)4)58-19-25(5)48-31(42(54)56-6)12-26-16-44-21-46-26/h8-9,14-17,21-22,31-32,48,50,52H,5,10-13,18-20H2,1-4,6-7H3,(H,44,46)(H,45,47)(H,49,51)/t31-,32-/m0/s1. The average Bonchev–Trinajstić information content (AvgIpc) is 3.94. The Morgan fingerprint density at radius 1 is 0.800 bits per heavy atom. The van der Waals surface area contributed by atoms with Gasteiger partial charge in [-0.15, -0.1) is 0 Å². The van der Waals surface area contributed by atoms with Gasteiger partial charge in [0, 0.05) is 65.6 Å². The number of carbonyl (C=O) groups is 3. The van der Waals surface area contributed by atoms with Crippen molar-refractivity contribution in [2.24, 2.45) is 0 Å². The van der Waals surface area contributed by atoms with Gasteiger partial charge in [0.25, 0.3) is 5.91 Å². The fourth-order valence-electron chi connectivity index (χ4n) is 6.46. The minimum atomic E-state index is -1.05. The largest absolute Gasteiger partial charge is 0.507 e. The zero-order chi connectivity index (χ0) is 43.5. The van der Waals surface area contributed by atoms with Gasteiger partial charge in [-0.25, -0.2) is 19.6 Å². The number of fused-ring (bicyclic) bond motifs is 2. The van der Waals surface area contributed by atoms with Gasteiger partial charge in [0.1, 0.15) is 52.5 Å². The lowest BCUT2D eigenvalue weighted by molar-refractivity contribution is -0.145. The van der Waals surface area contributed by atoms with Crippen LogP contribution < -0.4 is 25.5 Å². The summed E-state index contributed by atoms with van der Waals surface area (Å²) < 4.78 is 28.3. The van der Waals surface area contributed by atoms with Gasteiger partial charge in [0.15, 0.2) is 6.61 Å². The van der Waals surface area contributed by atoms with Crippen molar-refractivity contribution in [1.82, 2.24) is 30.6 Å². The number of benzene rings is 2. The number of esters is 2. The van der Waals surface area contributed by atoms with Crippen LogP contribution in [0.25, 0.3) is 21.9 Å². The molecular weight excluding hydrogens is 777 g/mol. The summed E-state index contributed by atoms with van der Waals surface area (Å²) in [4.78, 5) is 66.6. The molecule has 318 valence electrons. The highest BCUT2D eigenvalue weighted by atomic mass is 16.5. The number of aliphatic hydroxyl groups excluding tert-OH is 1. The van der Waals surface area contributed by atoms with Crippen LogP contribution in [0.4, 0.5) is 0 Å². The molecule has 17 nitrogen and oxygen atoms in total. The van der Waals surface area contributed by atoms with Crippen LogP contribution >= 0.6 is 0 Å². The van der Waals surface area contributed by atoms with E-state index in [4.69, 9.17) is 23.4 Å². The number of aromatic nitrogens is 4. The van der Waals surface area contributed by atoms with Crippen molar-refractivity contribution < 1.29 is 48.0 Å². The number of aromatic amines is 2. The average molecular weight is 827 g/mol. The van der Waals surface area contributed by atoms with E-state index in [2.05, 4.69) is 37.1 Å². The number of methoxy groups -OCH3 is 2. The predicted molar refractivity (Wildman–Crippen MR) is 221 cm³/mol. The molecule has 0 saturated heterocycles. The van der Waals surface area contributed by atoms with E-state index in [0.29, 0.717) is 28.2 Å². The van der Waals surface area contributed by atoms with E-state index in [1.165, 1.54) is 45.2 Å². The lowest BCUT2D eigenvalue weighted by atomic mass is 9.95. The number of carbonyl (C=O) groups excluding carboxylic acids is 3. The first kappa shape index (κ1) is 44.2. The Hall–Kier alpha value is -6.88. The normalized spacial score (nSPS) is 12.0. The van der Waals surface area contributed by atoms with Crippen LogP contribution in [0, 0.1) is 0 Å². The second kappa shape index (κ2) is 20.2. The van der Waals surface area contributed by atoms with E-state index in [-0.39, 0.29) is 77.0 Å². The SMILES string of the molecule is C=C(COc1cc2oc3cc(OCC(=O)N[C@@H](Cc4cnc[nH]4)C(=O)OC)c(CO)c(CC=C(C)C)c3c(=O)c2c(O)c1CC=C(C)C)N[C@@H](Cc1cnc[nH]1)C(=O)OC. The van der Waals surface area contributed by atoms with Gasteiger partial charge in [-0.2, -0.15) is 0 Å². The number of hydrogen-bond acceptors (Lipinski definition) is 14. The van der Waals surface area contributed by atoms with E-state index in [1.807, 2.05) is 39.8 Å². The number of H-pyrrole nitrogens is 2. The first-order valence-corrected chi connectivity index (χ1v) is 19.0. The zero-order valence-corrected chi connectivity index (χ0v) is 34.4. The molecule has 2 atom stereocenters. The first-order valence-electron chi connectivity index (χ1n) is 19.0. The van der Waals surface area contributed by atoms with Gasteiger partial charge >= 0.3 is 11.9 Å². The van der Waals surface area contributed by atoms with Crippen LogP contribution in [0.2, 0.25) is 0 Å². The fraction of sp³-hybridized carbons (Fsp3) is 0.349. The van der Waals surface area contributed by atoms with Crippen molar-refractivity contribution in [3.63, 3.8) is 0 Å². The van der Waals surface area contributed by atoms with Crippen LogP contribution in [-0.2, 0) is 56.1 Å². The number of hydrogen-bond donors (Lipinski definition) is 6. The molecule has 0 fully saturated rings. The molecule has 5 rings (SSSR count). The summed E-state index contributed by atoms with van der Waals surface area (Å²) in [6.45, 7) is 10.3. The summed E-state index contributed by atoms with van der Waals surface area (Å²) in [7, 11) is 2.49. The third kappa shape index (κ3) is 10.8. The number of phenolic OH excluding ortho intramolecular Hbond substituents is 1. The van der Waals surface area contributed by atoms with Gasteiger partial charge in [0.2, 0.25) is 5.43 Å². The number of allylic oxidation sites excluding steroid dienone is 4. The molecule has 0 aliphatic rings. The topological polar surface area (TPSA) is 240 Å². The lowest BCUT2D eigenvalue weighted by Gasteiger charge is -2.20. The number of aliphatic hydroxyl groups is 1. The van der Waals surface area contributed by atoms with Crippen LogP contribution in [0.1, 0.15) is 55.8 Å². The second-order valence-electron chi connectivity index (χ2n) is 14.4. The Labute approximate surface area is 345 Å². The summed E-state index contributed by atoms with van der Waals surface area (Å²) in [5.41, 5.74) is 3.88. The van der Waals surface area contributed by atoms with E-state index in [0.717, 1.165) is 11.1 Å². The molecule has 0 bridgehead atoms. The van der Waals surface area contributed by atoms with Crippen molar-refractivity contribution in [3.8, 4) is 17.2 Å². The number of phenols is 1. The third-order valence-electron chi connectivity index (χ3n) is 9.47. The monoisotopic (exact) mass is 826 g/mol. The summed E-state index contributed by atoms with van der Waals surface area (Å²) in [5, 5.41) is 28.2. The summed E-state index contributed by atoms with van der Waals surface area (Å²) in [5.74, 6) is -1.98. The molecule has 1 amide bonds. The van der Waals surface area contributed by atoms with Gasteiger partial charge in [-0.3, -0.25) is 9.59 Å². The fourth-order valence-corrected chi connectivity index (χ4v) is 6.46. The molecule has 5 aromatic rings. The Morgan fingerprint density at radius 3 is 1.83 bits per heavy atom. The number of aromatic hydroxyl groups is 1. The number of ether oxygens (including phenoxy) is 4. The van der Waals surface area contributed by atoms with Crippen LogP contribution in [-0.4, -0.2) is 87.5 Å². The number of amides is 1.